The molecule has 0 aliphatic heterocycles. The van der Waals surface area contributed by atoms with Crippen LogP contribution < -0.4 is 0 Å². The lowest BCUT2D eigenvalue weighted by Gasteiger charge is -2.29. The molecule has 0 amide bonds. The number of hydrogen-bond donors (Lipinski definition) is 0. The van der Waals surface area contributed by atoms with Gasteiger partial charge in [-0.2, -0.15) is 0 Å². The van der Waals surface area contributed by atoms with Gasteiger partial charge in [-0.05, 0) is 70.2 Å². The molecule has 0 saturated heterocycles. The van der Waals surface area contributed by atoms with Crippen molar-refractivity contribution in [1.82, 2.24) is 0 Å². The van der Waals surface area contributed by atoms with E-state index in [1.807, 2.05) is 11.1 Å². The molecule has 0 aromatic carbocycles. The van der Waals surface area contributed by atoms with E-state index in [1.54, 1.807) is 0 Å². The Kier molecular flexibility index (Phi) is 3.63. The monoisotopic (exact) mass is 276 g/mol. The van der Waals surface area contributed by atoms with Crippen LogP contribution in [0, 0.1) is 11.8 Å². The fraction of sp³-hybridized carbons (Fsp3) is 0.765. The van der Waals surface area contributed by atoms with E-state index < -0.39 is 8.32 Å². The Hall–Kier alpha value is -0.503. The zero-order valence-corrected chi connectivity index (χ0v) is 13.8. The Balaban J connectivity index is 1.88. The van der Waals surface area contributed by atoms with Crippen molar-refractivity contribution in [2.45, 2.75) is 71.0 Å². The van der Waals surface area contributed by atoms with Crippen molar-refractivity contribution in [3.8, 4) is 0 Å². The van der Waals surface area contributed by atoms with Gasteiger partial charge in [-0.3, -0.25) is 0 Å². The molecule has 2 heteroatoms. The van der Waals surface area contributed by atoms with E-state index >= 15 is 0 Å². The largest absolute Gasteiger partial charge is 0.548 e. The van der Waals surface area contributed by atoms with Gasteiger partial charge in [0.05, 0.1) is 5.76 Å². The molecule has 3 aliphatic carbocycles. The van der Waals surface area contributed by atoms with E-state index in [2.05, 4.69) is 25.7 Å². The van der Waals surface area contributed by atoms with Crippen LogP contribution in [-0.2, 0) is 4.43 Å². The van der Waals surface area contributed by atoms with Gasteiger partial charge in [0, 0.05) is 12.3 Å². The first-order chi connectivity index (χ1) is 9.03. The maximum atomic E-state index is 6.39. The van der Waals surface area contributed by atoms with E-state index in [1.165, 1.54) is 57.1 Å². The first-order valence-corrected chi connectivity index (χ1v) is 11.6. The third-order valence-corrected chi connectivity index (χ3v) is 5.71. The van der Waals surface area contributed by atoms with Crippen LogP contribution in [0.5, 0.6) is 0 Å². The minimum absolute atomic E-state index is 0.726. The Morgan fingerprint density at radius 2 is 1.79 bits per heavy atom. The highest BCUT2D eigenvalue weighted by molar-refractivity contribution is 6.70. The van der Waals surface area contributed by atoms with Crippen molar-refractivity contribution >= 4 is 8.32 Å². The van der Waals surface area contributed by atoms with Crippen LogP contribution in [-0.4, -0.2) is 8.32 Å². The summed E-state index contributed by atoms with van der Waals surface area (Å²) in [6, 6.07) is 0. The van der Waals surface area contributed by atoms with Crippen LogP contribution in [0.2, 0.25) is 19.6 Å². The summed E-state index contributed by atoms with van der Waals surface area (Å²) in [5.74, 6) is 2.88. The Bertz CT molecular complexity index is 413. The number of rotatable bonds is 2. The average molecular weight is 276 g/mol. The zero-order chi connectivity index (χ0) is 13.5. The third-order valence-electron chi connectivity index (χ3n) is 4.83. The molecule has 0 heterocycles. The van der Waals surface area contributed by atoms with Crippen LogP contribution in [0.25, 0.3) is 0 Å². The fourth-order valence-electron chi connectivity index (χ4n) is 4.19. The van der Waals surface area contributed by atoms with E-state index in [4.69, 9.17) is 4.43 Å². The van der Waals surface area contributed by atoms with Crippen LogP contribution in [0.15, 0.2) is 23.0 Å². The molecule has 3 rings (SSSR count). The number of fused-ring (bicyclic) bond motifs is 2. The molecule has 0 bridgehead atoms. The third kappa shape index (κ3) is 2.99. The summed E-state index contributed by atoms with van der Waals surface area (Å²) in [6.07, 6.45) is 13.5. The smallest absolute Gasteiger partial charge is 0.241 e. The van der Waals surface area contributed by atoms with Crippen molar-refractivity contribution < 1.29 is 4.43 Å². The molecule has 0 unspecified atom stereocenters. The van der Waals surface area contributed by atoms with Crippen molar-refractivity contribution in [3.63, 3.8) is 0 Å². The number of hydrogen-bond acceptors (Lipinski definition) is 1. The minimum Gasteiger partial charge on any atom is -0.548 e. The van der Waals surface area contributed by atoms with E-state index in [0.29, 0.717) is 0 Å². The summed E-state index contributed by atoms with van der Waals surface area (Å²) < 4.78 is 6.39. The SMILES string of the molecule is C[Si](C)(C)OC1=C[C@H]2CCCC2=C2CCCC[C@H]2C1. The highest BCUT2D eigenvalue weighted by Crippen LogP contribution is 2.46. The van der Waals surface area contributed by atoms with Gasteiger partial charge in [0.2, 0.25) is 8.32 Å². The first kappa shape index (κ1) is 13.5. The molecule has 0 radical (unpaired) electrons. The molecule has 106 valence electrons. The second-order valence-corrected chi connectivity index (χ2v) is 12.0. The van der Waals surface area contributed by atoms with Gasteiger partial charge in [-0.1, -0.05) is 17.6 Å². The summed E-state index contributed by atoms with van der Waals surface area (Å²) in [4.78, 5) is 0. The van der Waals surface area contributed by atoms with Crippen LogP contribution in [0.1, 0.15) is 51.4 Å². The minimum atomic E-state index is -1.45. The standard InChI is InChI=1S/C17H28OSi/c1-19(2,3)18-15-11-13-7-4-5-9-16(13)17-10-6-8-14(17)12-15/h12-14H,4-11H2,1-3H3/t13-,14+/m0/s1. The predicted octanol–water partition coefficient (Wildman–Crippen LogP) is 5.41. The lowest BCUT2D eigenvalue weighted by atomic mass is 9.79. The van der Waals surface area contributed by atoms with Gasteiger partial charge in [-0.25, -0.2) is 0 Å². The Morgan fingerprint density at radius 3 is 2.58 bits per heavy atom. The molecule has 0 N–H and O–H groups in total. The lowest BCUT2D eigenvalue weighted by Crippen LogP contribution is -2.26. The molecule has 19 heavy (non-hydrogen) atoms. The first-order valence-electron chi connectivity index (χ1n) is 8.14. The van der Waals surface area contributed by atoms with E-state index in [0.717, 1.165) is 11.8 Å². The fourth-order valence-corrected chi connectivity index (χ4v) is 5.13. The normalized spacial score (nSPS) is 31.4. The average Bonchev–Trinajstić information content (AvgIpc) is 2.70. The van der Waals surface area contributed by atoms with Gasteiger partial charge < -0.3 is 4.43 Å². The van der Waals surface area contributed by atoms with Crippen LogP contribution in [0.3, 0.4) is 0 Å². The van der Waals surface area contributed by atoms with Crippen LogP contribution in [0.4, 0.5) is 0 Å². The molecule has 3 aliphatic rings. The van der Waals surface area contributed by atoms with Gasteiger partial charge in [-0.15, -0.1) is 0 Å². The topological polar surface area (TPSA) is 9.23 Å². The molecule has 0 aromatic heterocycles. The van der Waals surface area contributed by atoms with E-state index in [9.17, 15) is 0 Å². The summed E-state index contributed by atoms with van der Waals surface area (Å²) in [5.41, 5.74) is 3.66. The summed E-state index contributed by atoms with van der Waals surface area (Å²) in [6.45, 7) is 6.93. The molecular weight excluding hydrogens is 248 g/mol. The van der Waals surface area contributed by atoms with Crippen molar-refractivity contribution in [1.29, 1.82) is 0 Å². The van der Waals surface area contributed by atoms with Crippen molar-refractivity contribution in [2.75, 3.05) is 0 Å². The quantitative estimate of drug-likeness (QED) is 0.484. The zero-order valence-electron chi connectivity index (χ0n) is 12.8. The molecular formula is C17H28OSi. The van der Waals surface area contributed by atoms with Crippen molar-refractivity contribution in [2.24, 2.45) is 11.8 Å². The molecule has 2 saturated carbocycles. The predicted molar refractivity (Wildman–Crippen MR) is 83.5 cm³/mol. The second-order valence-electron chi connectivity index (χ2n) is 7.54. The molecule has 1 nitrogen and oxygen atoms in total. The van der Waals surface area contributed by atoms with E-state index in [-0.39, 0.29) is 0 Å². The summed E-state index contributed by atoms with van der Waals surface area (Å²) >= 11 is 0. The second kappa shape index (κ2) is 5.12. The maximum absolute atomic E-state index is 6.39. The van der Waals surface area contributed by atoms with Gasteiger partial charge >= 0.3 is 0 Å². The highest BCUT2D eigenvalue weighted by atomic mass is 28.4. The number of allylic oxidation sites excluding steroid dienone is 4. The Morgan fingerprint density at radius 1 is 1.00 bits per heavy atom. The van der Waals surface area contributed by atoms with Crippen molar-refractivity contribution in [3.05, 3.63) is 23.0 Å². The highest BCUT2D eigenvalue weighted by Gasteiger charge is 2.33. The summed E-state index contributed by atoms with van der Waals surface area (Å²) in [5, 5.41) is 0. The molecule has 0 spiro atoms. The van der Waals surface area contributed by atoms with Gasteiger partial charge in [0.1, 0.15) is 0 Å². The molecule has 2 fully saturated rings. The molecule has 0 aromatic rings. The van der Waals surface area contributed by atoms with Crippen LogP contribution >= 0.6 is 0 Å². The maximum Gasteiger partial charge on any atom is 0.241 e. The molecule has 2 atom stereocenters. The summed E-state index contributed by atoms with van der Waals surface area (Å²) in [7, 11) is -1.45. The van der Waals surface area contributed by atoms with Gasteiger partial charge in [0.25, 0.3) is 0 Å². The Labute approximate surface area is 119 Å². The lowest BCUT2D eigenvalue weighted by molar-refractivity contribution is 0.349. The van der Waals surface area contributed by atoms with Gasteiger partial charge in [0.15, 0.2) is 0 Å².